The van der Waals surface area contributed by atoms with Gasteiger partial charge in [-0.05, 0) is 25.5 Å². The lowest BCUT2D eigenvalue weighted by Gasteiger charge is -1.91. The number of rotatable bonds is 2. The molecule has 0 radical (unpaired) electrons. The fourth-order valence-electron chi connectivity index (χ4n) is 1.45. The largest absolute Gasteiger partial charge is 0.419 e. The Morgan fingerprint density at radius 2 is 2.14 bits per heavy atom. The van der Waals surface area contributed by atoms with Crippen LogP contribution in [0, 0.1) is 13.8 Å². The molecule has 74 valence electrons. The summed E-state index contributed by atoms with van der Waals surface area (Å²) in [5, 5.41) is 7.91. The van der Waals surface area contributed by atoms with Crippen LogP contribution in [0.3, 0.4) is 0 Å². The summed E-state index contributed by atoms with van der Waals surface area (Å²) in [5.74, 6) is 1.25. The average Bonchev–Trinajstić information content (AvgIpc) is 2.71. The maximum Gasteiger partial charge on any atom is 0.264 e. The van der Waals surface area contributed by atoms with E-state index in [2.05, 4.69) is 21.2 Å². The van der Waals surface area contributed by atoms with Gasteiger partial charge in [-0.25, -0.2) is 0 Å². The van der Waals surface area contributed by atoms with Gasteiger partial charge in [0.05, 0.1) is 0 Å². The van der Waals surface area contributed by atoms with E-state index in [1.54, 1.807) is 0 Å². The third-order valence-corrected chi connectivity index (χ3v) is 2.13. The van der Waals surface area contributed by atoms with Crippen LogP contribution in [-0.4, -0.2) is 15.2 Å². The number of H-pyrrole nitrogens is 1. The smallest absolute Gasteiger partial charge is 0.264 e. The van der Waals surface area contributed by atoms with Crippen LogP contribution in [0.1, 0.15) is 24.1 Å². The Morgan fingerprint density at radius 3 is 2.64 bits per heavy atom. The number of nitrogens with one attached hydrogen (secondary N) is 1. The van der Waals surface area contributed by atoms with Crippen molar-refractivity contribution in [1.29, 1.82) is 0 Å². The minimum atomic E-state index is 0.576. The second kappa shape index (κ2) is 3.29. The van der Waals surface area contributed by atoms with Gasteiger partial charge >= 0.3 is 0 Å². The van der Waals surface area contributed by atoms with Crippen molar-refractivity contribution in [3.05, 3.63) is 23.2 Å². The Bertz CT molecular complexity index is 442. The normalized spacial score (nSPS) is 10.8. The quantitative estimate of drug-likeness (QED) is 0.792. The monoisotopic (exact) mass is 191 g/mol. The molecule has 14 heavy (non-hydrogen) atoms. The van der Waals surface area contributed by atoms with E-state index < -0.39 is 0 Å². The van der Waals surface area contributed by atoms with Crippen molar-refractivity contribution < 1.29 is 4.42 Å². The molecular weight excluding hydrogens is 178 g/mol. The summed E-state index contributed by atoms with van der Waals surface area (Å²) < 4.78 is 5.46. The molecule has 2 aromatic rings. The van der Waals surface area contributed by atoms with Gasteiger partial charge in [0.1, 0.15) is 5.69 Å². The maximum absolute atomic E-state index is 5.46. The molecule has 0 aliphatic heterocycles. The Labute approximate surface area is 82.4 Å². The molecule has 0 atom stereocenters. The van der Waals surface area contributed by atoms with E-state index in [9.17, 15) is 0 Å². The highest BCUT2D eigenvalue weighted by Crippen LogP contribution is 2.21. The van der Waals surface area contributed by atoms with E-state index >= 15 is 0 Å². The van der Waals surface area contributed by atoms with Crippen molar-refractivity contribution in [2.45, 2.75) is 27.2 Å². The molecule has 1 N–H and O–H groups in total. The van der Waals surface area contributed by atoms with Crippen molar-refractivity contribution in [1.82, 2.24) is 15.2 Å². The first-order valence-corrected chi connectivity index (χ1v) is 4.69. The fraction of sp³-hybridized carbons (Fsp3) is 0.400. The molecule has 2 heterocycles. The van der Waals surface area contributed by atoms with Crippen LogP contribution in [0.2, 0.25) is 0 Å². The zero-order chi connectivity index (χ0) is 10.1. The van der Waals surface area contributed by atoms with Crippen molar-refractivity contribution in [3.63, 3.8) is 0 Å². The second-order valence-electron chi connectivity index (χ2n) is 3.36. The van der Waals surface area contributed by atoms with Crippen LogP contribution >= 0.6 is 0 Å². The van der Waals surface area contributed by atoms with Crippen LogP contribution in [0.4, 0.5) is 0 Å². The van der Waals surface area contributed by atoms with E-state index in [0.717, 1.165) is 23.4 Å². The van der Waals surface area contributed by atoms with Crippen molar-refractivity contribution in [2.24, 2.45) is 0 Å². The Balaban J connectivity index is 2.43. The number of hydrogen-bond donors (Lipinski definition) is 1. The lowest BCUT2D eigenvalue weighted by molar-refractivity contribution is 0.511. The highest BCUT2D eigenvalue weighted by molar-refractivity contribution is 5.53. The predicted octanol–water partition coefficient (Wildman–Crippen LogP) is 2.24. The minimum absolute atomic E-state index is 0.576. The molecule has 0 bridgehead atoms. The maximum atomic E-state index is 5.46. The van der Waals surface area contributed by atoms with E-state index in [1.165, 1.54) is 0 Å². The van der Waals surface area contributed by atoms with Crippen LogP contribution in [-0.2, 0) is 6.42 Å². The summed E-state index contributed by atoms with van der Waals surface area (Å²) in [6.07, 6.45) is 0.770. The summed E-state index contributed by atoms with van der Waals surface area (Å²) in [4.78, 5) is 3.20. The molecule has 0 unspecified atom stereocenters. The zero-order valence-electron chi connectivity index (χ0n) is 8.59. The Morgan fingerprint density at radius 1 is 1.36 bits per heavy atom. The summed E-state index contributed by atoms with van der Waals surface area (Å²) in [6, 6.07) is 2.06. The van der Waals surface area contributed by atoms with Crippen molar-refractivity contribution in [3.8, 4) is 11.6 Å². The van der Waals surface area contributed by atoms with E-state index in [-0.39, 0.29) is 0 Å². The molecule has 2 aromatic heterocycles. The van der Waals surface area contributed by atoms with Crippen molar-refractivity contribution >= 4 is 0 Å². The van der Waals surface area contributed by atoms with Crippen molar-refractivity contribution in [2.75, 3.05) is 0 Å². The molecule has 0 fully saturated rings. The third kappa shape index (κ3) is 1.43. The lowest BCUT2D eigenvalue weighted by Crippen LogP contribution is -1.80. The highest BCUT2D eigenvalue weighted by atomic mass is 16.4. The molecule has 0 saturated carbocycles. The second-order valence-corrected chi connectivity index (χ2v) is 3.36. The number of nitrogens with zero attached hydrogens (tertiary/aromatic N) is 2. The third-order valence-electron chi connectivity index (χ3n) is 2.13. The van der Waals surface area contributed by atoms with Gasteiger partial charge in [0.2, 0.25) is 5.89 Å². The van der Waals surface area contributed by atoms with Crippen LogP contribution in [0.25, 0.3) is 11.6 Å². The molecule has 4 nitrogen and oxygen atoms in total. The van der Waals surface area contributed by atoms with Crippen LogP contribution in [0.15, 0.2) is 10.5 Å². The SMILES string of the molecule is CCc1nnc(-c2[nH]c(C)cc2C)o1. The van der Waals surface area contributed by atoms with Gasteiger partial charge in [0.25, 0.3) is 5.89 Å². The topological polar surface area (TPSA) is 54.7 Å². The molecule has 0 saturated heterocycles. The van der Waals surface area contributed by atoms with Gasteiger partial charge in [0, 0.05) is 12.1 Å². The van der Waals surface area contributed by atoms with Gasteiger partial charge in [-0.1, -0.05) is 6.92 Å². The molecule has 0 aliphatic carbocycles. The fourth-order valence-corrected chi connectivity index (χ4v) is 1.45. The van der Waals surface area contributed by atoms with Gasteiger partial charge in [-0.3, -0.25) is 0 Å². The first-order chi connectivity index (χ1) is 6.70. The molecule has 0 spiro atoms. The first-order valence-electron chi connectivity index (χ1n) is 4.69. The number of aryl methyl sites for hydroxylation is 3. The van der Waals surface area contributed by atoms with E-state index in [0.29, 0.717) is 11.8 Å². The molecule has 0 amide bonds. The van der Waals surface area contributed by atoms with E-state index in [1.807, 2.05) is 20.8 Å². The molecule has 0 aliphatic rings. The number of hydrogen-bond acceptors (Lipinski definition) is 3. The minimum Gasteiger partial charge on any atom is -0.419 e. The highest BCUT2D eigenvalue weighted by Gasteiger charge is 2.11. The Kier molecular flexibility index (Phi) is 2.11. The Hall–Kier alpha value is -1.58. The van der Waals surface area contributed by atoms with Crippen LogP contribution < -0.4 is 0 Å². The lowest BCUT2D eigenvalue weighted by atomic mass is 10.2. The molecule has 0 aromatic carbocycles. The summed E-state index contributed by atoms with van der Waals surface area (Å²) in [7, 11) is 0. The number of aromatic amines is 1. The van der Waals surface area contributed by atoms with Crippen LogP contribution in [0.5, 0.6) is 0 Å². The van der Waals surface area contributed by atoms with Gasteiger partial charge in [-0.2, -0.15) is 0 Å². The molecular formula is C10H13N3O. The first kappa shape index (κ1) is 8.99. The number of aromatic nitrogens is 3. The van der Waals surface area contributed by atoms with E-state index in [4.69, 9.17) is 4.42 Å². The average molecular weight is 191 g/mol. The standard InChI is InChI=1S/C10H13N3O/c1-4-8-12-13-10(14-8)9-6(2)5-7(3)11-9/h5,11H,4H2,1-3H3. The zero-order valence-corrected chi connectivity index (χ0v) is 8.59. The molecule has 2 rings (SSSR count). The van der Waals surface area contributed by atoms with Gasteiger partial charge in [-0.15, -0.1) is 10.2 Å². The summed E-state index contributed by atoms with van der Waals surface area (Å²) >= 11 is 0. The predicted molar refractivity (Wildman–Crippen MR) is 52.9 cm³/mol. The van der Waals surface area contributed by atoms with Gasteiger partial charge < -0.3 is 9.40 Å². The van der Waals surface area contributed by atoms with Gasteiger partial charge in [0.15, 0.2) is 0 Å². The summed E-state index contributed by atoms with van der Waals surface area (Å²) in [5.41, 5.74) is 3.16. The summed E-state index contributed by atoms with van der Waals surface area (Å²) in [6.45, 7) is 6.02. The molecule has 4 heteroatoms.